The molecule has 1 aromatic carbocycles. The fourth-order valence-corrected chi connectivity index (χ4v) is 3.57. The van der Waals surface area contributed by atoms with E-state index in [1.54, 1.807) is 4.90 Å². The molecule has 0 unspecified atom stereocenters. The first kappa shape index (κ1) is 20.3. The van der Waals surface area contributed by atoms with Gasteiger partial charge in [0.2, 0.25) is 5.88 Å². The van der Waals surface area contributed by atoms with Crippen molar-refractivity contribution in [1.29, 1.82) is 0 Å². The molecule has 0 aliphatic carbocycles. The fourth-order valence-electron chi connectivity index (χ4n) is 3.57. The van der Waals surface area contributed by atoms with Crippen molar-refractivity contribution in [2.75, 3.05) is 19.0 Å². The summed E-state index contributed by atoms with van der Waals surface area (Å²) in [6.45, 7) is 2.56. The molecular weight excluding hydrogens is 372 g/mol. The quantitative estimate of drug-likeness (QED) is 0.769. The van der Waals surface area contributed by atoms with Crippen LogP contribution in [0.4, 0.5) is 5.69 Å². The molecule has 1 aliphatic heterocycles. The summed E-state index contributed by atoms with van der Waals surface area (Å²) in [5.41, 5.74) is 6.53. The zero-order chi connectivity index (χ0) is 21.0. The number of pyridine rings is 1. The monoisotopic (exact) mass is 396 g/mol. The van der Waals surface area contributed by atoms with Crippen LogP contribution in [-0.2, 0) is 9.59 Å². The van der Waals surface area contributed by atoms with E-state index in [-0.39, 0.29) is 23.2 Å². The third kappa shape index (κ3) is 4.53. The van der Waals surface area contributed by atoms with Gasteiger partial charge < -0.3 is 20.7 Å². The standard InChI is InChI=1S/C21H24N4O4/c1-13-8-9-17(14-6-4-3-5-7-14)25(12-13)21(28)19(27)24-15-10-16(18(22)26)20(29-2)23-11-15/h3-7,10-11,13,17H,8-9,12H2,1-2H3,(H2,22,26)(H,24,27)/t13-,17-/m1/s1. The van der Waals surface area contributed by atoms with Crippen LogP contribution in [0.1, 0.15) is 41.7 Å². The maximum atomic E-state index is 13.0. The summed E-state index contributed by atoms with van der Waals surface area (Å²) in [6, 6.07) is 10.9. The normalized spacial score (nSPS) is 18.8. The van der Waals surface area contributed by atoms with Gasteiger partial charge in [0.1, 0.15) is 5.56 Å². The van der Waals surface area contributed by atoms with Crippen LogP contribution in [-0.4, -0.2) is 41.3 Å². The lowest BCUT2D eigenvalue weighted by atomic mass is 9.90. The Balaban J connectivity index is 1.80. The highest BCUT2D eigenvalue weighted by Gasteiger charge is 2.34. The Morgan fingerprint density at radius 2 is 1.93 bits per heavy atom. The molecule has 2 aromatic rings. The molecule has 2 heterocycles. The molecule has 0 bridgehead atoms. The molecule has 29 heavy (non-hydrogen) atoms. The van der Waals surface area contributed by atoms with E-state index in [4.69, 9.17) is 10.5 Å². The van der Waals surface area contributed by atoms with Gasteiger partial charge in [-0.3, -0.25) is 14.4 Å². The number of rotatable bonds is 4. The van der Waals surface area contributed by atoms with Crippen molar-refractivity contribution in [3.8, 4) is 5.88 Å². The molecule has 8 nitrogen and oxygen atoms in total. The minimum absolute atomic E-state index is 0.0199. The van der Waals surface area contributed by atoms with Crippen molar-refractivity contribution >= 4 is 23.4 Å². The molecule has 1 aromatic heterocycles. The van der Waals surface area contributed by atoms with Crippen LogP contribution in [0.15, 0.2) is 42.6 Å². The Hall–Kier alpha value is -3.42. The molecule has 1 aliphatic rings. The van der Waals surface area contributed by atoms with Gasteiger partial charge in [0, 0.05) is 6.54 Å². The van der Waals surface area contributed by atoms with E-state index in [9.17, 15) is 14.4 Å². The number of hydrogen-bond donors (Lipinski definition) is 2. The minimum atomic E-state index is -0.789. The van der Waals surface area contributed by atoms with Gasteiger partial charge >= 0.3 is 11.8 Å². The highest BCUT2D eigenvalue weighted by atomic mass is 16.5. The van der Waals surface area contributed by atoms with Crippen LogP contribution in [0.5, 0.6) is 5.88 Å². The topological polar surface area (TPSA) is 115 Å². The van der Waals surface area contributed by atoms with E-state index < -0.39 is 17.7 Å². The Kier molecular flexibility index (Phi) is 6.11. The summed E-state index contributed by atoms with van der Waals surface area (Å²) >= 11 is 0. The highest BCUT2D eigenvalue weighted by Crippen LogP contribution is 2.33. The zero-order valence-corrected chi connectivity index (χ0v) is 16.4. The molecule has 1 saturated heterocycles. The number of benzene rings is 1. The van der Waals surface area contributed by atoms with E-state index in [2.05, 4.69) is 17.2 Å². The molecule has 0 saturated carbocycles. The lowest BCUT2D eigenvalue weighted by Gasteiger charge is -2.38. The predicted octanol–water partition coefficient (Wildman–Crippen LogP) is 2.13. The average Bonchev–Trinajstić information content (AvgIpc) is 2.73. The van der Waals surface area contributed by atoms with E-state index in [1.807, 2.05) is 30.3 Å². The van der Waals surface area contributed by atoms with Gasteiger partial charge in [-0.1, -0.05) is 37.3 Å². The highest BCUT2D eigenvalue weighted by molar-refractivity contribution is 6.39. The lowest BCUT2D eigenvalue weighted by Crippen LogP contribution is -2.46. The molecular formula is C21H24N4O4. The predicted molar refractivity (Wildman–Crippen MR) is 107 cm³/mol. The van der Waals surface area contributed by atoms with Gasteiger partial charge in [-0.05, 0) is 30.4 Å². The van der Waals surface area contributed by atoms with Crippen LogP contribution < -0.4 is 15.8 Å². The molecule has 152 valence electrons. The fraction of sp³-hybridized carbons (Fsp3) is 0.333. The third-order valence-corrected chi connectivity index (χ3v) is 5.02. The molecule has 2 atom stereocenters. The van der Waals surface area contributed by atoms with E-state index in [0.29, 0.717) is 12.5 Å². The number of carbonyl (C=O) groups excluding carboxylic acids is 3. The minimum Gasteiger partial charge on any atom is -0.480 e. The molecule has 1 fully saturated rings. The largest absolute Gasteiger partial charge is 0.480 e. The number of hydrogen-bond acceptors (Lipinski definition) is 5. The van der Waals surface area contributed by atoms with Crippen LogP contribution in [0.2, 0.25) is 0 Å². The number of nitrogens with zero attached hydrogens (tertiary/aromatic N) is 2. The van der Waals surface area contributed by atoms with Crippen molar-refractivity contribution < 1.29 is 19.1 Å². The second kappa shape index (κ2) is 8.72. The molecule has 0 radical (unpaired) electrons. The first-order valence-corrected chi connectivity index (χ1v) is 9.41. The number of piperidine rings is 1. The maximum absolute atomic E-state index is 13.0. The zero-order valence-electron chi connectivity index (χ0n) is 16.4. The number of amides is 3. The number of aromatic nitrogens is 1. The first-order chi connectivity index (χ1) is 13.9. The molecule has 3 amide bonds. The first-order valence-electron chi connectivity index (χ1n) is 9.41. The number of anilines is 1. The summed E-state index contributed by atoms with van der Waals surface area (Å²) in [5, 5.41) is 2.52. The number of primary amides is 1. The Bertz CT molecular complexity index is 916. The van der Waals surface area contributed by atoms with Gasteiger partial charge in [0.15, 0.2) is 0 Å². The lowest BCUT2D eigenvalue weighted by molar-refractivity contribution is -0.146. The van der Waals surface area contributed by atoms with Gasteiger partial charge in [-0.25, -0.2) is 4.98 Å². The summed E-state index contributed by atoms with van der Waals surface area (Å²) in [5.74, 6) is -1.80. The SMILES string of the molecule is COc1ncc(NC(=O)C(=O)N2C[C@H](C)CC[C@@H]2c2ccccc2)cc1C(N)=O. The third-order valence-electron chi connectivity index (χ3n) is 5.02. The summed E-state index contributed by atoms with van der Waals surface area (Å²) in [4.78, 5) is 42.7. The van der Waals surface area contributed by atoms with Gasteiger partial charge in [-0.15, -0.1) is 0 Å². The molecule has 3 N–H and O–H groups in total. The second-order valence-corrected chi connectivity index (χ2v) is 7.17. The van der Waals surface area contributed by atoms with Crippen molar-refractivity contribution in [3.05, 3.63) is 53.7 Å². The number of carbonyl (C=O) groups is 3. The van der Waals surface area contributed by atoms with Crippen LogP contribution in [0.3, 0.4) is 0 Å². The average molecular weight is 396 g/mol. The van der Waals surface area contributed by atoms with Crippen molar-refractivity contribution in [1.82, 2.24) is 9.88 Å². The number of likely N-dealkylation sites (tertiary alicyclic amines) is 1. The van der Waals surface area contributed by atoms with Crippen molar-refractivity contribution in [2.45, 2.75) is 25.8 Å². The summed E-state index contributed by atoms with van der Waals surface area (Å²) in [7, 11) is 1.36. The van der Waals surface area contributed by atoms with Gasteiger partial charge in [0.05, 0.1) is 25.0 Å². The van der Waals surface area contributed by atoms with Crippen molar-refractivity contribution in [3.63, 3.8) is 0 Å². The number of nitrogens with two attached hydrogens (primary N) is 1. The summed E-state index contributed by atoms with van der Waals surface area (Å²) < 4.78 is 4.98. The number of ether oxygens (including phenoxy) is 1. The van der Waals surface area contributed by atoms with Gasteiger partial charge in [0.25, 0.3) is 5.91 Å². The number of methoxy groups -OCH3 is 1. The van der Waals surface area contributed by atoms with E-state index in [1.165, 1.54) is 19.4 Å². The van der Waals surface area contributed by atoms with Crippen LogP contribution in [0.25, 0.3) is 0 Å². The molecule has 3 rings (SSSR count). The maximum Gasteiger partial charge on any atom is 0.313 e. The van der Waals surface area contributed by atoms with Gasteiger partial charge in [-0.2, -0.15) is 0 Å². The Morgan fingerprint density at radius 1 is 1.21 bits per heavy atom. The Labute approximate surface area is 169 Å². The smallest absolute Gasteiger partial charge is 0.313 e. The van der Waals surface area contributed by atoms with Crippen molar-refractivity contribution in [2.24, 2.45) is 11.7 Å². The Morgan fingerprint density at radius 3 is 2.59 bits per heavy atom. The number of nitrogens with one attached hydrogen (secondary N) is 1. The van der Waals surface area contributed by atoms with E-state index >= 15 is 0 Å². The van der Waals surface area contributed by atoms with Crippen LogP contribution >= 0.6 is 0 Å². The second-order valence-electron chi connectivity index (χ2n) is 7.17. The summed E-state index contributed by atoms with van der Waals surface area (Å²) in [6.07, 6.45) is 3.08. The van der Waals surface area contributed by atoms with Crippen LogP contribution in [0, 0.1) is 5.92 Å². The molecule has 0 spiro atoms. The van der Waals surface area contributed by atoms with E-state index in [0.717, 1.165) is 18.4 Å². The molecule has 8 heteroatoms.